The number of hydrogen-bond acceptors (Lipinski definition) is 5. The van der Waals surface area contributed by atoms with E-state index in [9.17, 15) is 4.79 Å². The van der Waals surface area contributed by atoms with Crippen LogP contribution in [0.5, 0.6) is 0 Å². The van der Waals surface area contributed by atoms with Crippen molar-refractivity contribution in [1.82, 2.24) is 24.1 Å². The molecule has 6 nitrogen and oxygen atoms in total. The molecule has 4 rings (SSSR count). The number of thiazole rings is 1. The third-order valence-electron chi connectivity index (χ3n) is 4.45. The van der Waals surface area contributed by atoms with E-state index in [1.165, 1.54) is 24.2 Å². The molecule has 1 aliphatic rings. The van der Waals surface area contributed by atoms with Crippen LogP contribution >= 0.6 is 11.3 Å². The second kappa shape index (κ2) is 5.90. The molecule has 4 heterocycles. The van der Waals surface area contributed by atoms with Gasteiger partial charge in [-0.05, 0) is 32.4 Å². The van der Waals surface area contributed by atoms with E-state index in [0.717, 1.165) is 36.0 Å². The Labute approximate surface area is 138 Å². The van der Waals surface area contributed by atoms with Gasteiger partial charge < -0.3 is 0 Å². The normalized spacial score (nSPS) is 18.9. The van der Waals surface area contributed by atoms with Gasteiger partial charge in [-0.1, -0.05) is 0 Å². The SMILES string of the molecule is Cc1csc2nc(CN3CCCC3Cn3cccn3)cc(=O)n12. The molecule has 1 aliphatic heterocycles. The average Bonchev–Trinajstić information content (AvgIpc) is 3.24. The maximum atomic E-state index is 12.3. The van der Waals surface area contributed by atoms with Crippen LogP contribution in [0.15, 0.2) is 34.7 Å². The minimum Gasteiger partial charge on any atom is -0.293 e. The third-order valence-corrected chi connectivity index (χ3v) is 5.39. The summed E-state index contributed by atoms with van der Waals surface area (Å²) in [5.74, 6) is 0. The van der Waals surface area contributed by atoms with Crippen molar-refractivity contribution >= 4 is 16.3 Å². The fourth-order valence-corrected chi connectivity index (χ4v) is 4.22. The smallest absolute Gasteiger partial charge is 0.259 e. The number of nitrogens with zero attached hydrogens (tertiary/aromatic N) is 5. The van der Waals surface area contributed by atoms with Gasteiger partial charge in [-0.2, -0.15) is 5.10 Å². The van der Waals surface area contributed by atoms with Crippen LogP contribution in [-0.4, -0.2) is 36.7 Å². The lowest BCUT2D eigenvalue weighted by Crippen LogP contribution is -2.33. The highest BCUT2D eigenvalue weighted by molar-refractivity contribution is 7.15. The van der Waals surface area contributed by atoms with Crippen molar-refractivity contribution in [3.8, 4) is 0 Å². The van der Waals surface area contributed by atoms with Crippen molar-refractivity contribution in [2.45, 2.75) is 38.9 Å². The van der Waals surface area contributed by atoms with Gasteiger partial charge in [0.15, 0.2) is 4.96 Å². The Morgan fingerprint density at radius 1 is 1.43 bits per heavy atom. The number of likely N-dealkylation sites (tertiary alicyclic amines) is 1. The van der Waals surface area contributed by atoms with E-state index in [0.29, 0.717) is 6.04 Å². The Morgan fingerprint density at radius 3 is 3.17 bits per heavy atom. The molecular weight excluding hydrogens is 310 g/mol. The van der Waals surface area contributed by atoms with Gasteiger partial charge in [0, 0.05) is 42.1 Å². The summed E-state index contributed by atoms with van der Waals surface area (Å²) in [5.41, 5.74) is 1.84. The zero-order valence-corrected chi connectivity index (χ0v) is 13.9. The van der Waals surface area contributed by atoms with Gasteiger partial charge in [0.2, 0.25) is 0 Å². The summed E-state index contributed by atoms with van der Waals surface area (Å²) >= 11 is 1.52. The Kier molecular flexibility index (Phi) is 3.74. The number of fused-ring (bicyclic) bond motifs is 1. The van der Waals surface area contributed by atoms with Crippen molar-refractivity contribution < 1.29 is 0 Å². The molecule has 0 spiro atoms. The first kappa shape index (κ1) is 14.6. The highest BCUT2D eigenvalue weighted by Crippen LogP contribution is 2.21. The van der Waals surface area contributed by atoms with Crippen molar-refractivity contribution in [3.05, 3.63) is 51.6 Å². The fourth-order valence-electron chi connectivity index (χ4n) is 3.32. The van der Waals surface area contributed by atoms with Crippen LogP contribution in [0, 0.1) is 6.92 Å². The molecule has 0 aromatic carbocycles. The van der Waals surface area contributed by atoms with Crippen LogP contribution in [0.2, 0.25) is 0 Å². The van der Waals surface area contributed by atoms with Crippen LogP contribution in [0.25, 0.3) is 4.96 Å². The summed E-state index contributed by atoms with van der Waals surface area (Å²) in [4.78, 5) is 20.2. The zero-order valence-electron chi connectivity index (χ0n) is 13.1. The Balaban J connectivity index is 1.56. The topological polar surface area (TPSA) is 55.4 Å². The molecule has 1 saturated heterocycles. The molecule has 3 aromatic rings. The number of rotatable bonds is 4. The summed E-state index contributed by atoms with van der Waals surface area (Å²) in [5, 5.41) is 6.28. The summed E-state index contributed by atoms with van der Waals surface area (Å²) in [7, 11) is 0. The molecule has 1 unspecified atom stereocenters. The van der Waals surface area contributed by atoms with Gasteiger partial charge in [-0.25, -0.2) is 4.98 Å². The van der Waals surface area contributed by atoms with E-state index in [2.05, 4.69) is 15.0 Å². The average molecular weight is 329 g/mol. The molecule has 120 valence electrons. The van der Waals surface area contributed by atoms with E-state index in [-0.39, 0.29) is 5.56 Å². The van der Waals surface area contributed by atoms with Crippen molar-refractivity contribution in [1.29, 1.82) is 0 Å². The van der Waals surface area contributed by atoms with Crippen LogP contribution in [-0.2, 0) is 13.1 Å². The van der Waals surface area contributed by atoms with Crippen molar-refractivity contribution in [2.24, 2.45) is 0 Å². The maximum absolute atomic E-state index is 12.3. The lowest BCUT2D eigenvalue weighted by atomic mass is 10.2. The molecule has 7 heteroatoms. The van der Waals surface area contributed by atoms with E-state index in [4.69, 9.17) is 0 Å². The van der Waals surface area contributed by atoms with Crippen molar-refractivity contribution in [2.75, 3.05) is 6.54 Å². The minimum atomic E-state index is 0.0200. The fraction of sp³-hybridized carbons (Fsp3) is 0.438. The Hall–Kier alpha value is -1.99. The quantitative estimate of drug-likeness (QED) is 0.734. The van der Waals surface area contributed by atoms with E-state index in [1.807, 2.05) is 35.4 Å². The molecular formula is C16H19N5OS. The maximum Gasteiger partial charge on any atom is 0.259 e. The van der Waals surface area contributed by atoms with Crippen LogP contribution in [0.3, 0.4) is 0 Å². The summed E-state index contributed by atoms with van der Waals surface area (Å²) in [6, 6.07) is 4.09. The second-order valence-electron chi connectivity index (χ2n) is 6.08. The largest absolute Gasteiger partial charge is 0.293 e. The Bertz CT molecular complexity index is 866. The molecule has 3 aromatic heterocycles. The van der Waals surface area contributed by atoms with Crippen LogP contribution < -0.4 is 5.56 Å². The monoisotopic (exact) mass is 329 g/mol. The van der Waals surface area contributed by atoms with Crippen molar-refractivity contribution in [3.63, 3.8) is 0 Å². The summed E-state index contributed by atoms with van der Waals surface area (Å²) in [6.45, 7) is 4.62. The molecule has 1 fully saturated rings. The van der Waals surface area contributed by atoms with Gasteiger partial charge in [-0.15, -0.1) is 11.3 Å². The van der Waals surface area contributed by atoms with E-state index >= 15 is 0 Å². The van der Waals surface area contributed by atoms with Gasteiger partial charge >= 0.3 is 0 Å². The first-order valence-corrected chi connectivity index (χ1v) is 8.77. The van der Waals surface area contributed by atoms with E-state index < -0.39 is 0 Å². The van der Waals surface area contributed by atoms with Crippen LogP contribution in [0.1, 0.15) is 24.2 Å². The predicted octanol–water partition coefficient (Wildman–Crippen LogP) is 1.93. The molecule has 0 bridgehead atoms. The molecule has 0 N–H and O–H groups in total. The van der Waals surface area contributed by atoms with Gasteiger partial charge in [0.05, 0.1) is 12.2 Å². The minimum absolute atomic E-state index is 0.0200. The van der Waals surface area contributed by atoms with Crippen LogP contribution in [0.4, 0.5) is 0 Å². The second-order valence-corrected chi connectivity index (χ2v) is 6.91. The lowest BCUT2D eigenvalue weighted by molar-refractivity contribution is 0.217. The lowest BCUT2D eigenvalue weighted by Gasteiger charge is -2.24. The zero-order chi connectivity index (χ0) is 15.8. The molecule has 0 amide bonds. The summed E-state index contributed by atoms with van der Waals surface area (Å²) in [6.07, 6.45) is 6.17. The van der Waals surface area contributed by atoms with Gasteiger partial charge in [0.1, 0.15) is 0 Å². The first-order valence-electron chi connectivity index (χ1n) is 7.89. The third kappa shape index (κ3) is 2.82. The molecule has 0 saturated carbocycles. The molecule has 1 atom stereocenters. The summed E-state index contributed by atoms with van der Waals surface area (Å²) < 4.78 is 3.66. The van der Waals surface area contributed by atoms with Gasteiger partial charge in [-0.3, -0.25) is 18.8 Å². The van der Waals surface area contributed by atoms with E-state index in [1.54, 1.807) is 10.5 Å². The molecule has 23 heavy (non-hydrogen) atoms. The number of hydrogen-bond donors (Lipinski definition) is 0. The molecule has 0 radical (unpaired) electrons. The predicted molar refractivity (Wildman–Crippen MR) is 89.7 cm³/mol. The highest BCUT2D eigenvalue weighted by atomic mass is 32.1. The molecule has 0 aliphatic carbocycles. The number of aryl methyl sites for hydroxylation is 1. The standard InChI is InChI=1S/C16H19N5OS/c1-12-11-23-16-18-13(8-15(22)21(12)16)9-19-6-2-4-14(19)10-20-7-3-5-17-20/h3,5,7-8,11,14H,2,4,6,9-10H2,1H3. The number of aromatic nitrogens is 4. The highest BCUT2D eigenvalue weighted by Gasteiger charge is 2.25. The Morgan fingerprint density at radius 2 is 2.35 bits per heavy atom. The van der Waals surface area contributed by atoms with Gasteiger partial charge in [0.25, 0.3) is 5.56 Å². The first-order chi connectivity index (χ1) is 11.2.